The van der Waals surface area contributed by atoms with Gasteiger partial charge in [0.2, 0.25) is 0 Å². The molecular formula is C14H14BrNO4. The summed E-state index contributed by atoms with van der Waals surface area (Å²) >= 11 is 3.35. The lowest BCUT2D eigenvalue weighted by Gasteiger charge is -2.10. The van der Waals surface area contributed by atoms with E-state index in [9.17, 15) is 4.79 Å². The predicted molar refractivity (Wildman–Crippen MR) is 77.7 cm³/mol. The third-order valence-electron chi connectivity index (χ3n) is 2.89. The van der Waals surface area contributed by atoms with Crippen molar-refractivity contribution in [2.75, 3.05) is 14.2 Å². The molecule has 0 radical (unpaired) electrons. The van der Waals surface area contributed by atoms with E-state index in [4.69, 9.17) is 14.6 Å². The Hall–Kier alpha value is -1.95. The second-order valence-electron chi connectivity index (χ2n) is 4.17. The normalized spacial score (nSPS) is 10.3. The molecule has 0 amide bonds. The first-order chi connectivity index (χ1) is 9.55. The molecule has 2 rings (SSSR count). The maximum Gasteiger partial charge on any atom is 0.337 e. The van der Waals surface area contributed by atoms with Gasteiger partial charge in [-0.15, -0.1) is 0 Å². The summed E-state index contributed by atoms with van der Waals surface area (Å²) in [5, 5.41) is 8.97. The first-order valence-corrected chi connectivity index (χ1v) is 6.64. The number of rotatable bonds is 5. The highest BCUT2D eigenvalue weighted by Crippen LogP contribution is 2.28. The van der Waals surface area contributed by atoms with E-state index < -0.39 is 5.97 Å². The minimum absolute atomic E-state index is 0.248. The van der Waals surface area contributed by atoms with Gasteiger partial charge in [-0.2, -0.15) is 0 Å². The van der Waals surface area contributed by atoms with Crippen molar-refractivity contribution in [3.05, 3.63) is 46.2 Å². The van der Waals surface area contributed by atoms with E-state index in [2.05, 4.69) is 15.9 Å². The monoisotopic (exact) mass is 339 g/mol. The summed E-state index contributed by atoms with van der Waals surface area (Å²) in [6.45, 7) is 0.536. The van der Waals surface area contributed by atoms with Crippen LogP contribution in [0.25, 0.3) is 0 Å². The Morgan fingerprint density at radius 1 is 1.25 bits per heavy atom. The van der Waals surface area contributed by atoms with Crippen molar-refractivity contribution in [2.45, 2.75) is 6.54 Å². The predicted octanol–water partition coefficient (Wildman–Crippen LogP) is 3.01. The fourth-order valence-electron chi connectivity index (χ4n) is 1.89. The van der Waals surface area contributed by atoms with Crippen LogP contribution in [-0.2, 0) is 6.54 Å². The molecule has 20 heavy (non-hydrogen) atoms. The van der Waals surface area contributed by atoms with Crippen LogP contribution in [-0.4, -0.2) is 29.9 Å². The van der Waals surface area contributed by atoms with Gasteiger partial charge in [-0.05, 0) is 39.7 Å². The summed E-state index contributed by atoms with van der Waals surface area (Å²) in [7, 11) is 3.16. The topological polar surface area (TPSA) is 60.7 Å². The van der Waals surface area contributed by atoms with Crippen molar-refractivity contribution in [2.24, 2.45) is 0 Å². The standard InChI is InChI=1S/C14H14BrNO4/c1-19-11-4-3-9(5-12(11)20-2)7-16-8-10(14(17)18)6-13(16)15/h3-6,8H,7H2,1-2H3,(H,17,18). The quantitative estimate of drug-likeness (QED) is 0.909. The van der Waals surface area contributed by atoms with Gasteiger partial charge in [0.05, 0.1) is 24.4 Å². The molecule has 6 heteroatoms. The molecule has 0 aliphatic heterocycles. The summed E-state index contributed by atoms with van der Waals surface area (Å²) in [5.74, 6) is 0.359. The van der Waals surface area contributed by atoms with Crippen LogP contribution < -0.4 is 9.47 Å². The first-order valence-electron chi connectivity index (χ1n) is 5.85. The van der Waals surface area contributed by atoms with Gasteiger partial charge < -0.3 is 19.1 Å². The number of carbonyl (C=O) groups is 1. The number of benzene rings is 1. The maximum absolute atomic E-state index is 10.9. The van der Waals surface area contributed by atoms with E-state index in [0.717, 1.165) is 5.56 Å². The van der Waals surface area contributed by atoms with E-state index in [0.29, 0.717) is 22.6 Å². The second kappa shape index (κ2) is 6.00. The minimum atomic E-state index is -0.947. The van der Waals surface area contributed by atoms with Crippen LogP contribution in [0.2, 0.25) is 0 Å². The highest BCUT2D eigenvalue weighted by atomic mass is 79.9. The highest BCUT2D eigenvalue weighted by molar-refractivity contribution is 9.10. The highest BCUT2D eigenvalue weighted by Gasteiger charge is 2.11. The van der Waals surface area contributed by atoms with Gasteiger partial charge in [0, 0.05) is 12.7 Å². The number of aromatic nitrogens is 1. The van der Waals surface area contributed by atoms with E-state index in [1.54, 1.807) is 26.5 Å². The molecule has 0 bridgehead atoms. The Balaban J connectivity index is 2.28. The number of aromatic carboxylic acids is 1. The zero-order valence-electron chi connectivity index (χ0n) is 11.1. The number of hydrogen-bond acceptors (Lipinski definition) is 3. The number of hydrogen-bond donors (Lipinski definition) is 1. The minimum Gasteiger partial charge on any atom is -0.493 e. The summed E-state index contributed by atoms with van der Waals surface area (Å²) in [5.41, 5.74) is 1.23. The summed E-state index contributed by atoms with van der Waals surface area (Å²) in [4.78, 5) is 10.9. The number of carboxylic acid groups (broad SMARTS) is 1. The Kier molecular flexibility index (Phi) is 4.34. The Labute approximate surface area is 124 Å². The lowest BCUT2D eigenvalue weighted by atomic mass is 10.2. The fraction of sp³-hybridized carbons (Fsp3) is 0.214. The molecular weight excluding hydrogens is 326 g/mol. The van der Waals surface area contributed by atoms with E-state index >= 15 is 0 Å². The summed E-state index contributed by atoms with van der Waals surface area (Å²) < 4.78 is 13.0. The Bertz CT molecular complexity index is 636. The fourth-order valence-corrected chi connectivity index (χ4v) is 2.37. The van der Waals surface area contributed by atoms with Crippen molar-refractivity contribution in [1.29, 1.82) is 0 Å². The average Bonchev–Trinajstić information content (AvgIpc) is 2.80. The van der Waals surface area contributed by atoms with Crippen molar-refractivity contribution in [1.82, 2.24) is 4.57 Å². The van der Waals surface area contributed by atoms with Gasteiger partial charge in [-0.25, -0.2) is 4.79 Å². The van der Waals surface area contributed by atoms with Crippen LogP contribution in [0.4, 0.5) is 0 Å². The molecule has 1 aromatic carbocycles. The van der Waals surface area contributed by atoms with E-state index in [1.165, 1.54) is 0 Å². The Morgan fingerprint density at radius 2 is 1.95 bits per heavy atom. The lowest BCUT2D eigenvalue weighted by Crippen LogP contribution is -2.00. The number of halogens is 1. The van der Waals surface area contributed by atoms with Gasteiger partial charge in [-0.3, -0.25) is 0 Å². The van der Waals surface area contributed by atoms with Crippen LogP contribution in [0.5, 0.6) is 11.5 Å². The van der Waals surface area contributed by atoms with Crippen LogP contribution in [0, 0.1) is 0 Å². The Morgan fingerprint density at radius 3 is 2.50 bits per heavy atom. The molecule has 0 saturated carbocycles. The molecule has 0 saturated heterocycles. The molecule has 1 aromatic heterocycles. The van der Waals surface area contributed by atoms with Crippen molar-refractivity contribution in [3.8, 4) is 11.5 Å². The van der Waals surface area contributed by atoms with Crippen molar-refractivity contribution >= 4 is 21.9 Å². The molecule has 0 fully saturated rings. The van der Waals surface area contributed by atoms with E-state index in [1.807, 2.05) is 22.8 Å². The number of carboxylic acids is 1. The number of methoxy groups -OCH3 is 2. The van der Waals surface area contributed by atoms with Gasteiger partial charge in [0.15, 0.2) is 11.5 Å². The third kappa shape index (κ3) is 2.96. The average molecular weight is 340 g/mol. The third-order valence-corrected chi connectivity index (χ3v) is 3.58. The zero-order valence-corrected chi connectivity index (χ0v) is 12.7. The molecule has 1 heterocycles. The second-order valence-corrected chi connectivity index (χ2v) is 4.99. The van der Waals surface area contributed by atoms with Gasteiger partial charge in [0.1, 0.15) is 0 Å². The lowest BCUT2D eigenvalue weighted by molar-refractivity contribution is 0.0697. The molecule has 0 atom stereocenters. The molecule has 5 nitrogen and oxygen atoms in total. The largest absolute Gasteiger partial charge is 0.493 e. The summed E-state index contributed by atoms with van der Waals surface area (Å²) in [6.07, 6.45) is 1.59. The summed E-state index contributed by atoms with van der Waals surface area (Å²) in [6, 6.07) is 7.17. The van der Waals surface area contributed by atoms with Gasteiger partial charge in [-0.1, -0.05) is 6.07 Å². The van der Waals surface area contributed by atoms with Crippen LogP contribution in [0.15, 0.2) is 35.1 Å². The van der Waals surface area contributed by atoms with Crippen LogP contribution >= 0.6 is 15.9 Å². The molecule has 106 valence electrons. The first kappa shape index (κ1) is 14.5. The maximum atomic E-state index is 10.9. The molecule has 0 unspecified atom stereocenters. The zero-order chi connectivity index (χ0) is 14.7. The van der Waals surface area contributed by atoms with Crippen LogP contribution in [0.3, 0.4) is 0 Å². The van der Waals surface area contributed by atoms with Crippen molar-refractivity contribution < 1.29 is 19.4 Å². The van der Waals surface area contributed by atoms with Gasteiger partial charge >= 0.3 is 5.97 Å². The smallest absolute Gasteiger partial charge is 0.337 e. The number of ether oxygens (including phenoxy) is 2. The molecule has 0 aliphatic rings. The van der Waals surface area contributed by atoms with Crippen molar-refractivity contribution in [3.63, 3.8) is 0 Å². The van der Waals surface area contributed by atoms with Gasteiger partial charge in [0.25, 0.3) is 0 Å². The van der Waals surface area contributed by atoms with Crippen LogP contribution in [0.1, 0.15) is 15.9 Å². The molecule has 0 spiro atoms. The molecule has 0 aliphatic carbocycles. The SMILES string of the molecule is COc1ccc(Cn2cc(C(=O)O)cc2Br)cc1OC. The number of nitrogens with zero attached hydrogens (tertiary/aromatic N) is 1. The molecule has 1 N–H and O–H groups in total. The van der Waals surface area contributed by atoms with E-state index in [-0.39, 0.29) is 5.56 Å². The molecule has 2 aromatic rings.